The molecule has 0 bridgehead atoms. The highest BCUT2D eigenvalue weighted by Crippen LogP contribution is 2.23. The maximum Gasteiger partial charge on any atom is 0.253 e. The summed E-state index contributed by atoms with van der Waals surface area (Å²) >= 11 is 0. The minimum Gasteiger partial charge on any atom is -0.384 e. The Kier molecular flexibility index (Phi) is 4.43. The van der Waals surface area contributed by atoms with Crippen molar-refractivity contribution in [3.05, 3.63) is 29.3 Å². The summed E-state index contributed by atoms with van der Waals surface area (Å²) in [5.41, 5.74) is 3.23. The van der Waals surface area contributed by atoms with Crippen molar-refractivity contribution < 1.29 is 4.79 Å². The zero-order valence-corrected chi connectivity index (χ0v) is 12.1. The predicted octanol–water partition coefficient (Wildman–Crippen LogP) is 1.68. The molecule has 1 heterocycles. The number of nitrogens with zero attached hydrogens (tertiary/aromatic N) is 2. The number of nitrogens with one attached hydrogen (secondary N) is 1. The lowest BCUT2D eigenvalue weighted by Gasteiger charge is -2.19. The first-order valence-corrected chi connectivity index (χ1v) is 6.85. The smallest absolute Gasteiger partial charge is 0.253 e. The van der Waals surface area contributed by atoms with Crippen LogP contribution in [0.5, 0.6) is 0 Å². The molecule has 1 aromatic rings. The van der Waals surface area contributed by atoms with Gasteiger partial charge in [0.05, 0.1) is 0 Å². The Balaban J connectivity index is 1.95. The summed E-state index contributed by atoms with van der Waals surface area (Å²) in [4.78, 5) is 16.3. The van der Waals surface area contributed by atoms with Gasteiger partial charge in [-0.3, -0.25) is 4.79 Å². The average molecular weight is 261 g/mol. The SMILES string of the molecule is CN(C)CCCN(C)C(=O)c1ccc2c(c1)CCN2. The van der Waals surface area contributed by atoms with E-state index in [-0.39, 0.29) is 5.91 Å². The molecule has 1 N–H and O–H groups in total. The Morgan fingerprint density at radius 1 is 1.26 bits per heavy atom. The second kappa shape index (κ2) is 6.06. The summed E-state index contributed by atoms with van der Waals surface area (Å²) in [5.74, 6) is 0.119. The van der Waals surface area contributed by atoms with Crippen molar-refractivity contribution >= 4 is 11.6 Å². The molecular formula is C15H23N3O. The van der Waals surface area contributed by atoms with E-state index < -0.39 is 0 Å². The number of fused-ring (bicyclic) bond motifs is 1. The molecule has 0 aliphatic carbocycles. The number of benzene rings is 1. The maximum absolute atomic E-state index is 12.3. The molecule has 2 rings (SSSR count). The molecule has 1 aromatic carbocycles. The van der Waals surface area contributed by atoms with Gasteiger partial charge in [0.15, 0.2) is 0 Å². The molecule has 1 amide bonds. The lowest BCUT2D eigenvalue weighted by atomic mass is 10.1. The topological polar surface area (TPSA) is 35.6 Å². The lowest BCUT2D eigenvalue weighted by Crippen LogP contribution is -2.29. The Bertz CT molecular complexity index is 457. The van der Waals surface area contributed by atoms with E-state index in [1.165, 1.54) is 11.3 Å². The minimum atomic E-state index is 0.119. The van der Waals surface area contributed by atoms with Gasteiger partial charge in [-0.05, 0) is 57.2 Å². The molecule has 19 heavy (non-hydrogen) atoms. The minimum absolute atomic E-state index is 0.119. The Morgan fingerprint density at radius 3 is 2.79 bits per heavy atom. The van der Waals surface area contributed by atoms with Gasteiger partial charge >= 0.3 is 0 Å². The van der Waals surface area contributed by atoms with Gasteiger partial charge in [-0.2, -0.15) is 0 Å². The number of amides is 1. The van der Waals surface area contributed by atoms with Crippen molar-refractivity contribution in [2.75, 3.05) is 46.1 Å². The Morgan fingerprint density at radius 2 is 2.05 bits per heavy atom. The summed E-state index contributed by atoms with van der Waals surface area (Å²) in [6.45, 7) is 2.78. The Hall–Kier alpha value is -1.55. The van der Waals surface area contributed by atoms with Crippen LogP contribution in [0.4, 0.5) is 5.69 Å². The fourth-order valence-electron chi connectivity index (χ4n) is 2.38. The number of anilines is 1. The van der Waals surface area contributed by atoms with Crippen LogP contribution in [0.2, 0.25) is 0 Å². The van der Waals surface area contributed by atoms with E-state index in [1.54, 1.807) is 0 Å². The number of hydrogen-bond acceptors (Lipinski definition) is 3. The van der Waals surface area contributed by atoms with Crippen LogP contribution >= 0.6 is 0 Å². The molecule has 0 atom stereocenters. The monoisotopic (exact) mass is 261 g/mol. The molecule has 4 nitrogen and oxygen atoms in total. The van der Waals surface area contributed by atoms with Gasteiger partial charge in [-0.25, -0.2) is 0 Å². The highest BCUT2D eigenvalue weighted by Gasteiger charge is 2.15. The predicted molar refractivity (Wildman–Crippen MR) is 78.8 cm³/mol. The van der Waals surface area contributed by atoms with Crippen LogP contribution in [0.15, 0.2) is 18.2 Å². The zero-order chi connectivity index (χ0) is 13.8. The van der Waals surface area contributed by atoms with Crippen LogP contribution in [0.1, 0.15) is 22.3 Å². The molecule has 0 saturated carbocycles. The Labute approximate surface area is 115 Å². The quantitative estimate of drug-likeness (QED) is 0.876. The van der Waals surface area contributed by atoms with Crippen molar-refractivity contribution in [3.8, 4) is 0 Å². The van der Waals surface area contributed by atoms with Crippen molar-refractivity contribution in [2.24, 2.45) is 0 Å². The summed E-state index contributed by atoms with van der Waals surface area (Å²) in [6, 6.07) is 5.96. The van der Waals surface area contributed by atoms with Gasteiger partial charge in [0.1, 0.15) is 0 Å². The summed E-state index contributed by atoms with van der Waals surface area (Å²) in [6.07, 6.45) is 2.02. The van der Waals surface area contributed by atoms with Crippen LogP contribution in [-0.2, 0) is 6.42 Å². The second-order valence-electron chi connectivity index (χ2n) is 5.43. The van der Waals surface area contributed by atoms with Crippen molar-refractivity contribution in [1.82, 2.24) is 9.80 Å². The molecule has 1 aliphatic rings. The maximum atomic E-state index is 12.3. The number of carbonyl (C=O) groups excluding carboxylic acids is 1. The summed E-state index contributed by atoms with van der Waals surface area (Å²) < 4.78 is 0. The van der Waals surface area contributed by atoms with Gasteiger partial charge < -0.3 is 15.1 Å². The van der Waals surface area contributed by atoms with Gasteiger partial charge in [0, 0.05) is 31.4 Å². The van der Waals surface area contributed by atoms with E-state index in [0.29, 0.717) is 0 Å². The van der Waals surface area contributed by atoms with Crippen LogP contribution in [0.25, 0.3) is 0 Å². The number of carbonyl (C=O) groups is 1. The standard InChI is InChI=1S/C15H23N3O/c1-17(2)9-4-10-18(3)15(19)13-5-6-14-12(11-13)7-8-16-14/h5-6,11,16H,4,7-10H2,1-3H3. The lowest BCUT2D eigenvalue weighted by molar-refractivity contribution is 0.0790. The number of rotatable bonds is 5. The van der Waals surface area contributed by atoms with Crippen molar-refractivity contribution in [1.29, 1.82) is 0 Å². The first kappa shape index (κ1) is 13.9. The second-order valence-corrected chi connectivity index (χ2v) is 5.43. The fourth-order valence-corrected chi connectivity index (χ4v) is 2.38. The molecule has 0 spiro atoms. The first-order valence-electron chi connectivity index (χ1n) is 6.85. The van der Waals surface area contributed by atoms with Crippen molar-refractivity contribution in [3.63, 3.8) is 0 Å². The molecule has 0 saturated heterocycles. The van der Waals surface area contributed by atoms with Crippen LogP contribution < -0.4 is 5.32 Å². The highest BCUT2D eigenvalue weighted by atomic mass is 16.2. The zero-order valence-electron chi connectivity index (χ0n) is 12.1. The van der Waals surface area contributed by atoms with Crippen LogP contribution in [-0.4, -0.2) is 56.5 Å². The highest BCUT2D eigenvalue weighted by molar-refractivity contribution is 5.94. The van der Waals surface area contributed by atoms with E-state index in [1.807, 2.05) is 30.1 Å². The molecule has 0 unspecified atom stereocenters. The van der Waals surface area contributed by atoms with E-state index in [2.05, 4.69) is 24.3 Å². The fraction of sp³-hybridized carbons (Fsp3) is 0.533. The number of hydrogen-bond donors (Lipinski definition) is 1. The normalized spacial score (nSPS) is 13.3. The molecule has 1 aliphatic heterocycles. The molecule has 4 heteroatoms. The van der Waals surface area contributed by atoms with Gasteiger partial charge in [-0.15, -0.1) is 0 Å². The first-order chi connectivity index (χ1) is 9.08. The average Bonchev–Trinajstić information content (AvgIpc) is 2.84. The third-order valence-electron chi connectivity index (χ3n) is 3.51. The van der Waals surface area contributed by atoms with E-state index in [9.17, 15) is 4.79 Å². The van der Waals surface area contributed by atoms with E-state index >= 15 is 0 Å². The molecule has 0 radical (unpaired) electrons. The molecule has 0 fully saturated rings. The van der Waals surface area contributed by atoms with Gasteiger partial charge in [0.2, 0.25) is 0 Å². The molecule has 0 aromatic heterocycles. The molecule has 104 valence electrons. The third kappa shape index (κ3) is 3.47. The van der Waals surface area contributed by atoms with Gasteiger partial charge in [0.25, 0.3) is 5.91 Å². The summed E-state index contributed by atoms with van der Waals surface area (Å²) in [5, 5.41) is 3.31. The molecular weight excluding hydrogens is 238 g/mol. The summed E-state index contributed by atoms with van der Waals surface area (Å²) in [7, 11) is 5.98. The van der Waals surface area contributed by atoms with E-state index in [4.69, 9.17) is 0 Å². The van der Waals surface area contributed by atoms with Crippen LogP contribution in [0.3, 0.4) is 0 Å². The third-order valence-corrected chi connectivity index (χ3v) is 3.51. The van der Waals surface area contributed by atoms with Gasteiger partial charge in [-0.1, -0.05) is 0 Å². The largest absolute Gasteiger partial charge is 0.384 e. The van der Waals surface area contributed by atoms with Crippen LogP contribution in [0, 0.1) is 0 Å². The van der Waals surface area contributed by atoms with Crippen molar-refractivity contribution in [2.45, 2.75) is 12.8 Å². The van der Waals surface area contributed by atoms with E-state index in [0.717, 1.165) is 38.0 Å².